The summed E-state index contributed by atoms with van der Waals surface area (Å²) in [5.74, 6) is -0.308. The van der Waals surface area contributed by atoms with Gasteiger partial charge in [0.25, 0.3) is 0 Å². The first-order valence-electron chi connectivity index (χ1n) is 4.70. The average Bonchev–Trinajstić information content (AvgIpc) is 1.97. The number of aliphatic hydroxyl groups is 2. The van der Waals surface area contributed by atoms with E-state index in [9.17, 15) is 15.0 Å². The number of hydrogen-bond acceptors (Lipinski definition) is 3. The number of hydrogen-bond donors (Lipinski definition) is 2. The van der Waals surface area contributed by atoms with E-state index >= 15 is 0 Å². The third-order valence-corrected chi connectivity index (χ3v) is 4.31. The highest BCUT2D eigenvalue weighted by atomic mass is 16.3. The van der Waals surface area contributed by atoms with E-state index in [0.717, 1.165) is 0 Å². The van der Waals surface area contributed by atoms with Crippen LogP contribution < -0.4 is 0 Å². The molecule has 0 amide bonds. The zero-order chi connectivity index (χ0) is 10.1. The number of carbonyl (C=O) groups is 1. The predicted molar refractivity (Wildman–Crippen MR) is 47.1 cm³/mol. The lowest BCUT2D eigenvalue weighted by Crippen LogP contribution is -2.74. The summed E-state index contributed by atoms with van der Waals surface area (Å²) in [6, 6.07) is 0. The molecule has 0 aromatic carbocycles. The highest BCUT2D eigenvalue weighted by Crippen LogP contribution is 2.63. The van der Waals surface area contributed by atoms with Gasteiger partial charge in [-0.1, -0.05) is 13.8 Å². The van der Waals surface area contributed by atoms with Gasteiger partial charge in [-0.3, -0.25) is 4.79 Å². The summed E-state index contributed by atoms with van der Waals surface area (Å²) in [5.41, 5.74) is -2.42. The van der Waals surface area contributed by atoms with E-state index in [1.54, 1.807) is 6.92 Å². The molecule has 0 saturated heterocycles. The molecule has 3 rings (SSSR count). The Morgan fingerprint density at radius 1 is 1.31 bits per heavy atom. The summed E-state index contributed by atoms with van der Waals surface area (Å²) in [6.07, 6.45) is 0.655. The van der Waals surface area contributed by atoms with Crippen LogP contribution in [0.1, 0.15) is 33.6 Å². The van der Waals surface area contributed by atoms with Gasteiger partial charge in [0.15, 0.2) is 5.78 Å². The lowest BCUT2D eigenvalue weighted by molar-refractivity contribution is -0.268. The molecule has 2 bridgehead atoms. The third kappa shape index (κ3) is 0.796. The largest absolute Gasteiger partial charge is 0.389 e. The molecule has 3 atom stereocenters. The Morgan fingerprint density at radius 2 is 1.85 bits per heavy atom. The number of ketones is 1. The highest BCUT2D eigenvalue weighted by molar-refractivity contribution is 5.90. The second kappa shape index (κ2) is 1.98. The van der Waals surface area contributed by atoms with Gasteiger partial charge in [0.05, 0.1) is 5.60 Å². The van der Waals surface area contributed by atoms with E-state index in [4.69, 9.17) is 0 Å². The molecule has 0 unspecified atom stereocenters. The molecule has 13 heavy (non-hydrogen) atoms. The minimum atomic E-state index is -1.23. The third-order valence-electron chi connectivity index (χ3n) is 4.31. The summed E-state index contributed by atoms with van der Waals surface area (Å²) in [6.45, 7) is 5.41. The monoisotopic (exact) mass is 184 g/mol. The maximum Gasteiger partial charge on any atom is 0.167 e. The van der Waals surface area contributed by atoms with Gasteiger partial charge in [-0.05, 0) is 13.3 Å². The molecule has 3 fully saturated rings. The molecule has 3 aliphatic carbocycles. The van der Waals surface area contributed by atoms with Gasteiger partial charge in [0.2, 0.25) is 0 Å². The Balaban J connectivity index is 2.40. The minimum absolute atomic E-state index is 0.0914. The summed E-state index contributed by atoms with van der Waals surface area (Å²) in [4.78, 5) is 11.4. The van der Waals surface area contributed by atoms with Crippen LogP contribution in [0.4, 0.5) is 0 Å². The fraction of sp³-hybridized carbons (Fsp3) is 0.900. The quantitative estimate of drug-likeness (QED) is 0.576. The van der Waals surface area contributed by atoms with Crippen molar-refractivity contribution >= 4 is 5.78 Å². The van der Waals surface area contributed by atoms with Crippen LogP contribution in [0.3, 0.4) is 0 Å². The first kappa shape index (κ1) is 9.16. The highest BCUT2D eigenvalue weighted by Gasteiger charge is 2.70. The van der Waals surface area contributed by atoms with Gasteiger partial charge in [0, 0.05) is 17.8 Å². The lowest BCUT2D eigenvalue weighted by Gasteiger charge is -2.66. The molecular formula is C10H16O3. The maximum absolute atomic E-state index is 11.4. The van der Waals surface area contributed by atoms with Crippen molar-refractivity contribution in [1.29, 1.82) is 0 Å². The molecule has 2 N–H and O–H groups in total. The number of carbonyl (C=O) groups excluding carboxylic acids is 1. The molecule has 3 saturated carbocycles. The van der Waals surface area contributed by atoms with Crippen LogP contribution in [0.25, 0.3) is 0 Å². The molecule has 3 aliphatic rings. The van der Waals surface area contributed by atoms with E-state index in [-0.39, 0.29) is 23.5 Å². The Morgan fingerprint density at radius 3 is 2.23 bits per heavy atom. The molecule has 0 spiro atoms. The maximum atomic E-state index is 11.4. The Bertz CT molecular complexity index is 280. The predicted octanol–water partition coefficient (Wildman–Crippen LogP) is 0.487. The van der Waals surface area contributed by atoms with E-state index in [1.165, 1.54) is 0 Å². The van der Waals surface area contributed by atoms with Crippen molar-refractivity contribution in [3.63, 3.8) is 0 Å². The van der Waals surface area contributed by atoms with Crippen LogP contribution in [0.2, 0.25) is 0 Å². The van der Waals surface area contributed by atoms with Crippen LogP contribution >= 0.6 is 0 Å². The van der Waals surface area contributed by atoms with Crippen molar-refractivity contribution in [2.24, 2.45) is 11.3 Å². The average molecular weight is 184 g/mol. The summed E-state index contributed by atoms with van der Waals surface area (Å²) >= 11 is 0. The van der Waals surface area contributed by atoms with Crippen molar-refractivity contribution in [2.45, 2.75) is 44.8 Å². The van der Waals surface area contributed by atoms with Gasteiger partial charge in [-0.25, -0.2) is 0 Å². The van der Waals surface area contributed by atoms with Crippen molar-refractivity contribution in [3.8, 4) is 0 Å². The van der Waals surface area contributed by atoms with Gasteiger partial charge < -0.3 is 10.2 Å². The zero-order valence-electron chi connectivity index (χ0n) is 8.29. The Labute approximate surface area is 77.8 Å². The SMILES string of the molecule is CC1(C)[C@@H]2C[C@@]1(O)CC(=O)[C@@]2(C)O. The fourth-order valence-corrected chi connectivity index (χ4v) is 2.89. The van der Waals surface area contributed by atoms with Crippen LogP contribution in [0, 0.1) is 11.3 Å². The van der Waals surface area contributed by atoms with E-state index < -0.39 is 11.2 Å². The minimum Gasteiger partial charge on any atom is -0.389 e. The first-order chi connectivity index (χ1) is 5.72. The van der Waals surface area contributed by atoms with Crippen molar-refractivity contribution in [2.75, 3.05) is 0 Å². The van der Waals surface area contributed by atoms with Crippen LogP contribution in [-0.2, 0) is 4.79 Å². The van der Waals surface area contributed by atoms with Crippen molar-refractivity contribution in [3.05, 3.63) is 0 Å². The van der Waals surface area contributed by atoms with Crippen molar-refractivity contribution < 1.29 is 15.0 Å². The summed E-state index contributed by atoms with van der Waals surface area (Å²) < 4.78 is 0. The Hall–Kier alpha value is -0.410. The van der Waals surface area contributed by atoms with Gasteiger partial charge in [-0.15, -0.1) is 0 Å². The van der Waals surface area contributed by atoms with E-state index in [1.807, 2.05) is 13.8 Å². The van der Waals surface area contributed by atoms with Gasteiger partial charge >= 0.3 is 0 Å². The standard InChI is InChI=1S/C10H16O3/c1-8(2)6-4-10(8,13)5-7(11)9(6,3)12/h6,12-13H,4-5H2,1-3H3/t6-,9-,10+/m0/s1. The van der Waals surface area contributed by atoms with E-state index in [2.05, 4.69) is 0 Å². The molecular weight excluding hydrogens is 168 g/mol. The second-order valence-corrected chi connectivity index (χ2v) is 5.26. The zero-order valence-corrected chi connectivity index (χ0v) is 8.29. The van der Waals surface area contributed by atoms with Gasteiger partial charge in [0.1, 0.15) is 5.60 Å². The topological polar surface area (TPSA) is 57.5 Å². The van der Waals surface area contributed by atoms with Crippen LogP contribution in [0.5, 0.6) is 0 Å². The summed E-state index contributed by atoms with van der Waals surface area (Å²) in [7, 11) is 0. The molecule has 74 valence electrons. The fourth-order valence-electron chi connectivity index (χ4n) is 2.89. The van der Waals surface area contributed by atoms with Crippen LogP contribution in [-0.4, -0.2) is 27.2 Å². The number of fused-ring (bicyclic) bond motifs is 2. The number of rotatable bonds is 0. The normalized spacial score (nSPS) is 53.0. The molecule has 0 aromatic heterocycles. The molecule has 0 radical (unpaired) electrons. The second-order valence-electron chi connectivity index (χ2n) is 5.26. The van der Waals surface area contributed by atoms with Crippen LogP contribution in [0.15, 0.2) is 0 Å². The summed E-state index contributed by atoms with van der Waals surface area (Å²) in [5, 5.41) is 20.0. The first-order valence-corrected chi connectivity index (χ1v) is 4.70. The smallest absolute Gasteiger partial charge is 0.167 e. The molecule has 3 nitrogen and oxygen atoms in total. The molecule has 3 heteroatoms. The van der Waals surface area contributed by atoms with Gasteiger partial charge in [-0.2, -0.15) is 0 Å². The lowest BCUT2D eigenvalue weighted by atomic mass is 9.41. The Kier molecular flexibility index (Phi) is 1.40. The number of Topliss-reactive ketones (excluding diaryl/α,β-unsaturated/α-hetero) is 1. The molecule has 0 aliphatic heterocycles. The van der Waals surface area contributed by atoms with E-state index in [0.29, 0.717) is 6.42 Å². The molecule has 0 aromatic rings. The van der Waals surface area contributed by atoms with Crippen molar-refractivity contribution in [1.82, 2.24) is 0 Å². The molecule has 0 heterocycles.